The summed E-state index contributed by atoms with van der Waals surface area (Å²) in [5, 5.41) is 31.0. The van der Waals surface area contributed by atoms with Gasteiger partial charge >= 0.3 is 0 Å². The van der Waals surface area contributed by atoms with Gasteiger partial charge in [-0.15, -0.1) is 0 Å². The molecular formula is C25H26O6. The van der Waals surface area contributed by atoms with Crippen molar-refractivity contribution in [3.05, 3.63) is 60.7 Å². The Kier molecular flexibility index (Phi) is 6.92. The van der Waals surface area contributed by atoms with Gasteiger partial charge in [-0.1, -0.05) is 37.3 Å². The van der Waals surface area contributed by atoms with Crippen molar-refractivity contribution in [1.82, 2.24) is 0 Å². The Balaban J connectivity index is 2.06. The zero-order valence-corrected chi connectivity index (χ0v) is 17.8. The van der Waals surface area contributed by atoms with Crippen LogP contribution in [-0.2, 0) is 0 Å². The molecule has 3 aromatic carbocycles. The lowest BCUT2D eigenvalue weighted by atomic mass is 9.96. The number of ether oxygens (including phenoxy) is 3. The van der Waals surface area contributed by atoms with E-state index in [0.717, 1.165) is 12.0 Å². The van der Waals surface area contributed by atoms with Crippen LogP contribution in [0.4, 0.5) is 0 Å². The van der Waals surface area contributed by atoms with Crippen LogP contribution in [0.1, 0.15) is 13.3 Å². The molecule has 6 heteroatoms. The molecule has 0 aliphatic rings. The molecule has 0 saturated heterocycles. The fourth-order valence-electron chi connectivity index (χ4n) is 3.30. The topological polar surface area (TPSA) is 88.4 Å². The van der Waals surface area contributed by atoms with Crippen molar-refractivity contribution in [2.45, 2.75) is 13.3 Å². The largest absolute Gasteiger partial charge is 0.508 e. The fraction of sp³-hybridized carbons (Fsp3) is 0.200. The average molecular weight is 422 g/mol. The first-order valence-electron chi connectivity index (χ1n) is 9.88. The highest BCUT2D eigenvalue weighted by molar-refractivity contribution is 5.88. The van der Waals surface area contributed by atoms with Crippen LogP contribution in [0.25, 0.3) is 22.3 Å². The zero-order valence-electron chi connectivity index (χ0n) is 17.8. The molecule has 0 aliphatic carbocycles. The van der Waals surface area contributed by atoms with Crippen molar-refractivity contribution < 1.29 is 29.5 Å². The first kappa shape index (κ1) is 21.9. The molecule has 0 spiro atoms. The molecule has 0 fully saturated rings. The average Bonchev–Trinajstić information content (AvgIpc) is 2.77. The number of aromatic hydroxyl groups is 3. The summed E-state index contributed by atoms with van der Waals surface area (Å²) < 4.78 is 16.6. The second kappa shape index (κ2) is 9.80. The standard InChI is InChI=1S/C25H26O6/c1-4-5-6-13-31-21-12-9-17(14-20(21)27)23-22(29-2)15-19(25(30-3)24(23)28)16-7-10-18(26)11-8-16/h5-12,14-15,26-28H,4,13H2,1-3H3/b6-5-. The van der Waals surface area contributed by atoms with E-state index in [1.54, 1.807) is 42.5 Å². The van der Waals surface area contributed by atoms with E-state index in [1.165, 1.54) is 20.3 Å². The molecule has 0 aliphatic heterocycles. The minimum Gasteiger partial charge on any atom is -0.508 e. The van der Waals surface area contributed by atoms with Crippen molar-refractivity contribution in [2.24, 2.45) is 0 Å². The van der Waals surface area contributed by atoms with Crippen molar-refractivity contribution >= 4 is 0 Å². The number of allylic oxidation sites excluding steroid dienone is 1. The Hall–Kier alpha value is -3.80. The summed E-state index contributed by atoms with van der Waals surface area (Å²) in [6.07, 6.45) is 4.78. The van der Waals surface area contributed by atoms with E-state index in [9.17, 15) is 15.3 Å². The molecule has 6 nitrogen and oxygen atoms in total. The molecule has 0 amide bonds. The minimum atomic E-state index is -0.121. The van der Waals surface area contributed by atoms with Gasteiger partial charge in [-0.05, 0) is 47.9 Å². The van der Waals surface area contributed by atoms with Crippen LogP contribution in [0.15, 0.2) is 60.7 Å². The Labute approximate surface area is 181 Å². The summed E-state index contributed by atoms with van der Waals surface area (Å²) in [6, 6.07) is 13.2. The highest BCUT2D eigenvalue weighted by Gasteiger charge is 2.22. The van der Waals surface area contributed by atoms with E-state index >= 15 is 0 Å². The maximum Gasteiger partial charge on any atom is 0.170 e. The van der Waals surface area contributed by atoms with Gasteiger partial charge in [-0.25, -0.2) is 0 Å². The summed E-state index contributed by atoms with van der Waals surface area (Å²) in [6.45, 7) is 2.38. The van der Waals surface area contributed by atoms with Crippen molar-refractivity contribution in [1.29, 1.82) is 0 Å². The third-order valence-corrected chi connectivity index (χ3v) is 4.81. The van der Waals surface area contributed by atoms with Gasteiger partial charge in [0, 0.05) is 5.56 Å². The van der Waals surface area contributed by atoms with Crippen molar-refractivity contribution in [3.8, 4) is 56.8 Å². The summed E-state index contributed by atoms with van der Waals surface area (Å²) in [5.41, 5.74) is 2.27. The van der Waals surface area contributed by atoms with Crippen LogP contribution in [0.2, 0.25) is 0 Å². The van der Waals surface area contributed by atoms with Crippen LogP contribution >= 0.6 is 0 Å². The molecule has 0 atom stereocenters. The highest BCUT2D eigenvalue weighted by atomic mass is 16.5. The smallest absolute Gasteiger partial charge is 0.170 e. The minimum absolute atomic E-state index is 0.0505. The molecule has 3 aromatic rings. The van der Waals surface area contributed by atoms with Gasteiger partial charge < -0.3 is 29.5 Å². The molecule has 0 heterocycles. The van der Waals surface area contributed by atoms with Gasteiger partial charge in [0.2, 0.25) is 0 Å². The summed E-state index contributed by atoms with van der Waals surface area (Å²) in [5.74, 6) is 0.967. The van der Waals surface area contributed by atoms with Gasteiger partial charge in [0.1, 0.15) is 18.1 Å². The number of phenolic OH excluding ortho intramolecular Hbond substituents is 3. The third kappa shape index (κ3) is 4.69. The predicted octanol–water partition coefficient (Wildman–Crippen LogP) is 5.50. The van der Waals surface area contributed by atoms with Gasteiger partial charge in [-0.2, -0.15) is 0 Å². The first-order chi connectivity index (χ1) is 15.0. The summed E-state index contributed by atoms with van der Waals surface area (Å²) in [7, 11) is 2.97. The van der Waals surface area contributed by atoms with E-state index in [-0.39, 0.29) is 23.0 Å². The third-order valence-electron chi connectivity index (χ3n) is 4.81. The van der Waals surface area contributed by atoms with Gasteiger partial charge in [0.15, 0.2) is 23.0 Å². The Bertz CT molecular complexity index is 1070. The van der Waals surface area contributed by atoms with Gasteiger partial charge in [-0.3, -0.25) is 0 Å². The van der Waals surface area contributed by atoms with E-state index in [0.29, 0.717) is 34.8 Å². The summed E-state index contributed by atoms with van der Waals surface area (Å²) in [4.78, 5) is 0. The van der Waals surface area contributed by atoms with Crippen LogP contribution in [-0.4, -0.2) is 36.1 Å². The van der Waals surface area contributed by atoms with Gasteiger partial charge in [0.25, 0.3) is 0 Å². The van der Waals surface area contributed by atoms with Gasteiger partial charge in [0.05, 0.1) is 19.8 Å². The van der Waals surface area contributed by atoms with Crippen LogP contribution in [0, 0.1) is 0 Å². The quantitative estimate of drug-likeness (QED) is 0.416. The van der Waals surface area contributed by atoms with Crippen LogP contribution in [0.5, 0.6) is 34.5 Å². The number of phenols is 3. The SMILES string of the molecule is CC/C=C\COc1ccc(-c2c(OC)cc(-c3ccc(O)cc3)c(OC)c2O)cc1O. The molecule has 3 rings (SSSR count). The molecule has 0 unspecified atom stereocenters. The first-order valence-corrected chi connectivity index (χ1v) is 9.88. The van der Waals surface area contributed by atoms with E-state index in [4.69, 9.17) is 14.2 Å². The maximum atomic E-state index is 11.0. The number of methoxy groups -OCH3 is 2. The summed E-state index contributed by atoms with van der Waals surface area (Å²) >= 11 is 0. The van der Waals surface area contributed by atoms with E-state index in [2.05, 4.69) is 0 Å². The van der Waals surface area contributed by atoms with E-state index in [1.807, 2.05) is 19.1 Å². The second-order valence-electron chi connectivity index (χ2n) is 6.80. The lowest BCUT2D eigenvalue weighted by molar-refractivity contribution is 0.336. The Morgan fingerprint density at radius 1 is 0.806 bits per heavy atom. The van der Waals surface area contributed by atoms with Crippen LogP contribution < -0.4 is 14.2 Å². The lowest BCUT2D eigenvalue weighted by Crippen LogP contribution is -1.96. The highest BCUT2D eigenvalue weighted by Crippen LogP contribution is 2.50. The normalized spacial score (nSPS) is 10.9. The second-order valence-corrected chi connectivity index (χ2v) is 6.80. The molecule has 0 aromatic heterocycles. The number of hydrogen-bond acceptors (Lipinski definition) is 6. The number of hydrogen-bond donors (Lipinski definition) is 3. The zero-order chi connectivity index (χ0) is 22.4. The molecule has 0 saturated carbocycles. The monoisotopic (exact) mass is 422 g/mol. The molecule has 162 valence electrons. The lowest BCUT2D eigenvalue weighted by Gasteiger charge is -2.18. The number of benzene rings is 3. The predicted molar refractivity (Wildman–Crippen MR) is 120 cm³/mol. The molecular weight excluding hydrogens is 396 g/mol. The number of rotatable bonds is 8. The molecule has 3 N–H and O–H groups in total. The molecule has 0 bridgehead atoms. The molecule has 0 radical (unpaired) electrons. The maximum absolute atomic E-state index is 11.0. The van der Waals surface area contributed by atoms with Crippen molar-refractivity contribution in [3.63, 3.8) is 0 Å². The Morgan fingerprint density at radius 3 is 2.13 bits per heavy atom. The molecule has 31 heavy (non-hydrogen) atoms. The Morgan fingerprint density at radius 2 is 1.52 bits per heavy atom. The fourth-order valence-corrected chi connectivity index (χ4v) is 3.30. The van der Waals surface area contributed by atoms with Crippen LogP contribution in [0.3, 0.4) is 0 Å². The van der Waals surface area contributed by atoms with E-state index < -0.39 is 0 Å². The van der Waals surface area contributed by atoms with Crippen molar-refractivity contribution in [2.75, 3.05) is 20.8 Å².